The molecule has 3 rings (SSSR count). The number of alkyl halides is 3. The van der Waals surface area contributed by atoms with E-state index in [0.29, 0.717) is 10.9 Å². The highest BCUT2D eigenvalue weighted by Gasteiger charge is 2.30. The van der Waals surface area contributed by atoms with Crippen LogP contribution in [0, 0.1) is 11.3 Å². The summed E-state index contributed by atoms with van der Waals surface area (Å²) in [5, 5.41) is 13.7. The lowest BCUT2D eigenvalue weighted by Crippen LogP contribution is -2.13. The van der Waals surface area contributed by atoms with Crippen molar-refractivity contribution in [2.75, 3.05) is 5.32 Å². The van der Waals surface area contributed by atoms with Gasteiger partial charge in [0, 0.05) is 17.7 Å². The van der Waals surface area contributed by atoms with Gasteiger partial charge in [0.2, 0.25) is 0 Å². The maximum Gasteiger partial charge on any atom is 0.416 e. The summed E-state index contributed by atoms with van der Waals surface area (Å²) in [6, 6.07) is 9.31. The van der Waals surface area contributed by atoms with Gasteiger partial charge in [0.15, 0.2) is 5.13 Å². The van der Waals surface area contributed by atoms with Crippen LogP contribution >= 0.6 is 11.3 Å². The van der Waals surface area contributed by atoms with Crippen LogP contribution < -0.4 is 10.1 Å². The van der Waals surface area contributed by atoms with Crippen molar-refractivity contribution in [3.8, 4) is 11.8 Å². The van der Waals surface area contributed by atoms with Crippen LogP contribution in [0.2, 0.25) is 0 Å². The molecular weight excluding hydrogens is 407 g/mol. The summed E-state index contributed by atoms with van der Waals surface area (Å²) >= 11 is 1.21. The normalized spacial score (nSPS) is 11.7. The molecule has 2 aromatic heterocycles. The second-order valence-corrected chi connectivity index (χ2v) is 6.47. The van der Waals surface area contributed by atoms with E-state index in [1.54, 1.807) is 11.4 Å². The summed E-state index contributed by atoms with van der Waals surface area (Å²) in [6.45, 7) is -0.123. The van der Waals surface area contributed by atoms with E-state index >= 15 is 0 Å². The number of carbonyl (C=O) groups is 1. The first kappa shape index (κ1) is 20.2. The summed E-state index contributed by atoms with van der Waals surface area (Å²) in [5.74, 6) is -0.0702. The lowest BCUT2D eigenvalue weighted by molar-refractivity contribution is -0.137. The molecule has 0 saturated carbocycles. The number of hydrogen-bond donors (Lipinski definition) is 1. The predicted molar refractivity (Wildman–Crippen MR) is 98.8 cm³/mol. The molecule has 0 fully saturated rings. The molecule has 0 aliphatic carbocycles. The van der Waals surface area contributed by atoms with Gasteiger partial charge in [-0.05, 0) is 30.3 Å². The van der Waals surface area contributed by atoms with E-state index in [1.165, 1.54) is 47.9 Å². The Morgan fingerprint density at radius 2 is 2.17 bits per heavy atom. The van der Waals surface area contributed by atoms with Crippen LogP contribution in [0.4, 0.5) is 18.3 Å². The Bertz CT molecular complexity index is 1070. The first-order valence-electron chi connectivity index (χ1n) is 8.06. The Labute approximate surface area is 166 Å². The number of hydrogen-bond acceptors (Lipinski definition) is 6. The Morgan fingerprint density at radius 1 is 1.34 bits per heavy atom. The van der Waals surface area contributed by atoms with Gasteiger partial charge in [-0.25, -0.2) is 4.98 Å². The number of ether oxygens (including phenoxy) is 1. The van der Waals surface area contributed by atoms with Gasteiger partial charge >= 0.3 is 6.18 Å². The minimum absolute atomic E-state index is 0.0360. The van der Waals surface area contributed by atoms with Gasteiger partial charge in [-0.2, -0.15) is 18.4 Å². The van der Waals surface area contributed by atoms with Crippen molar-refractivity contribution in [1.82, 2.24) is 4.98 Å². The molecule has 1 amide bonds. The summed E-state index contributed by atoms with van der Waals surface area (Å²) in [7, 11) is 0. The lowest BCUT2D eigenvalue weighted by atomic mass is 10.2. The van der Waals surface area contributed by atoms with Crippen LogP contribution in [0.5, 0.6) is 5.75 Å². The van der Waals surface area contributed by atoms with Gasteiger partial charge in [0.05, 0.1) is 5.56 Å². The molecular formula is C19H12F3N3O3S. The summed E-state index contributed by atoms with van der Waals surface area (Å²) in [4.78, 5) is 16.0. The second kappa shape index (κ2) is 8.62. The summed E-state index contributed by atoms with van der Waals surface area (Å²) in [5.41, 5.74) is -1.01. The van der Waals surface area contributed by atoms with Crippen LogP contribution in [0.15, 0.2) is 58.0 Å². The second-order valence-electron chi connectivity index (χ2n) is 5.58. The number of rotatable bonds is 6. The monoisotopic (exact) mass is 419 g/mol. The third-order valence-electron chi connectivity index (χ3n) is 3.53. The Morgan fingerprint density at radius 3 is 2.86 bits per heavy atom. The number of thiazole rings is 1. The fraction of sp³-hybridized carbons (Fsp3) is 0.105. The molecule has 6 nitrogen and oxygen atoms in total. The smallest absolute Gasteiger partial charge is 0.416 e. The van der Waals surface area contributed by atoms with Gasteiger partial charge in [-0.1, -0.05) is 6.07 Å². The molecule has 1 N–H and O–H groups in total. The van der Waals surface area contributed by atoms with E-state index < -0.39 is 17.6 Å². The Kier molecular flexibility index (Phi) is 5.99. The third kappa shape index (κ3) is 5.46. The molecule has 2 heterocycles. The molecule has 0 spiro atoms. The van der Waals surface area contributed by atoms with Gasteiger partial charge in [-0.3, -0.25) is 10.1 Å². The SMILES string of the molecule is N#C/C(=C\c1ccc(COc2cccc(C(F)(F)F)c2)o1)C(=O)Nc1nccs1. The number of halogens is 3. The number of furan rings is 1. The zero-order valence-corrected chi connectivity index (χ0v) is 15.4. The molecule has 0 unspecified atom stereocenters. The summed E-state index contributed by atoms with van der Waals surface area (Å²) < 4.78 is 49.0. The van der Waals surface area contributed by atoms with Crippen molar-refractivity contribution in [3.63, 3.8) is 0 Å². The number of aromatic nitrogens is 1. The largest absolute Gasteiger partial charge is 0.486 e. The molecule has 0 bridgehead atoms. The van der Waals surface area contributed by atoms with Crippen molar-refractivity contribution >= 4 is 28.5 Å². The molecule has 0 atom stereocenters. The van der Waals surface area contributed by atoms with E-state index in [1.807, 2.05) is 0 Å². The zero-order valence-electron chi connectivity index (χ0n) is 14.6. The molecule has 1 aromatic carbocycles. The average molecular weight is 419 g/mol. The van der Waals surface area contributed by atoms with Crippen LogP contribution in [-0.2, 0) is 17.6 Å². The molecule has 0 aliphatic heterocycles. The number of amides is 1. The number of nitrogens with one attached hydrogen (secondary N) is 1. The predicted octanol–water partition coefficient (Wildman–Crippen LogP) is 4.88. The van der Waals surface area contributed by atoms with Crippen molar-refractivity contribution in [1.29, 1.82) is 5.26 Å². The topological polar surface area (TPSA) is 88.1 Å². The molecule has 3 aromatic rings. The highest BCUT2D eigenvalue weighted by atomic mass is 32.1. The maximum atomic E-state index is 12.7. The minimum atomic E-state index is -4.46. The van der Waals surface area contributed by atoms with Crippen molar-refractivity contribution in [3.05, 3.63) is 70.6 Å². The number of carbonyl (C=O) groups excluding carboxylic acids is 1. The molecule has 0 radical (unpaired) electrons. The number of nitrogens with zero attached hydrogens (tertiary/aromatic N) is 2. The molecule has 29 heavy (non-hydrogen) atoms. The van der Waals surface area contributed by atoms with Crippen LogP contribution in [0.1, 0.15) is 17.1 Å². The van der Waals surface area contributed by atoms with Gasteiger partial charge in [0.25, 0.3) is 5.91 Å². The van der Waals surface area contributed by atoms with E-state index in [4.69, 9.17) is 9.15 Å². The Hall–Kier alpha value is -3.58. The van der Waals surface area contributed by atoms with Crippen LogP contribution in [-0.4, -0.2) is 10.9 Å². The van der Waals surface area contributed by atoms with Gasteiger partial charge in [0.1, 0.15) is 35.5 Å². The number of benzene rings is 1. The average Bonchev–Trinajstić information content (AvgIpc) is 3.36. The first-order valence-corrected chi connectivity index (χ1v) is 8.94. The molecule has 0 aliphatic rings. The fourth-order valence-corrected chi connectivity index (χ4v) is 2.73. The lowest BCUT2D eigenvalue weighted by Gasteiger charge is -2.09. The van der Waals surface area contributed by atoms with Crippen molar-refractivity contribution < 1.29 is 27.1 Å². The van der Waals surface area contributed by atoms with E-state index in [9.17, 15) is 23.2 Å². The van der Waals surface area contributed by atoms with E-state index in [0.717, 1.165) is 12.1 Å². The van der Waals surface area contributed by atoms with Crippen LogP contribution in [0.3, 0.4) is 0 Å². The molecule has 10 heteroatoms. The van der Waals surface area contributed by atoms with E-state index in [2.05, 4.69) is 10.3 Å². The summed E-state index contributed by atoms with van der Waals surface area (Å²) in [6.07, 6.45) is -1.70. The fourth-order valence-electron chi connectivity index (χ4n) is 2.21. The highest BCUT2D eigenvalue weighted by molar-refractivity contribution is 7.13. The maximum absolute atomic E-state index is 12.7. The third-order valence-corrected chi connectivity index (χ3v) is 4.22. The van der Waals surface area contributed by atoms with E-state index in [-0.39, 0.29) is 23.7 Å². The van der Waals surface area contributed by atoms with Crippen molar-refractivity contribution in [2.45, 2.75) is 12.8 Å². The molecule has 0 saturated heterocycles. The minimum Gasteiger partial charge on any atom is -0.486 e. The highest BCUT2D eigenvalue weighted by Crippen LogP contribution is 2.31. The number of anilines is 1. The molecule has 148 valence electrons. The quantitative estimate of drug-likeness (QED) is 0.454. The standard InChI is InChI=1S/C19H12F3N3O3S/c20-19(21,22)13-2-1-3-14(9-13)27-11-16-5-4-15(28-16)8-12(10-23)17(26)25-18-24-6-7-29-18/h1-9H,11H2,(H,24,25,26)/b12-8+. The first-order chi connectivity index (χ1) is 13.8. The zero-order chi connectivity index (χ0) is 20.9. The Balaban J connectivity index is 1.65. The van der Waals surface area contributed by atoms with Gasteiger partial charge in [-0.15, -0.1) is 11.3 Å². The van der Waals surface area contributed by atoms with Crippen molar-refractivity contribution in [2.24, 2.45) is 0 Å². The number of nitriles is 1. The van der Waals surface area contributed by atoms with Crippen LogP contribution in [0.25, 0.3) is 6.08 Å². The van der Waals surface area contributed by atoms with Gasteiger partial charge < -0.3 is 9.15 Å².